The van der Waals surface area contributed by atoms with Crippen molar-refractivity contribution in [2.24, 2.45) is 0 Å². The van der Waals surface area contributed by atoms with Crippen molar-refractivity contribution in [3.8, 4) is 0 Å². The Morgan fingerprint density at radius 2 is 1.43 bits per heavy atom. The fourth-order valence-electron chi connectivity index (χ4n) is 2.09. The number of carbonyl (C=O) groups excluding carboxylic acids is 1. The van der Waals surface area contributed by atoms with Crippen molar-refractivity contribution in [2.75, 3.05) is 16.4 Å². The molecule has 4 N–H and O–H groups in total. The second-order valence-corrected chi connectivity index (χ2v) is 4.83. The van der Waals surface area contributed by atoms with Gasteiger partial charge in [0.2, 0.25) is 0 Å². The summed E-state index contributed by atoms with van der Waals surface area (Å²) in [5, 5.41) is 6.36. The highest BCUT2D eigenvalue weighted by molar-refractivity contribution is 5.89. The molecular formula is C17H15N5O. The van der Waals surface area contributed by atoms with Gasteiger partial charge in [-0.1, -0.05) is 18.2 Å². The highest BCUT2D eigenvalue weighted by Gasteiger charge is 2.08. The third kappa shape index (κ3) is 3.44. The van der Waals surface area contributed by atoms with Gasteiger partial charge in [0.15, 0.2) is 6.29 Å². The lowest BCUT2D eigenvalue weighted by Gasteiger charge is -2.10. The molecule has 0 unspecified atom stereocenters. The first-order valence-corrected chi connectivity index (χ1v) is 7.01. The molecule has 0 aliphatic carbocycles. The molecule has 0 saturated carbocycles. The fourth-order valence-corrected chi connectivity index (χ4v) is 2.09. The van der Waals surface area contributed by atoms with E-state index in [9.17, 15) is 4.79 Å². The number of nitrogens with two attached hydrogens (primary N) is 1. The molecule has 6 nitrogen and oxygen atoms in total. The van der Waals surface area contributed by atoms with Crippen molar-refractivity contribution >= 4 is 35.0 Å². The van der Waals surface area contributed by atoms with Crippen LogP contribution in [-0.4, -0.2) is 16.3 Å². The molecule has 3 aromatic rings. The molecule has 0 bridgehead atoms. The Hall–Kier alpha value is -3.41. The standard InChI is InChI=1S/C17H15N5O/c18-16-15(10-23)17(20-11-19-16)22-14-8-6-13(7-9-14)21-12-4-2-1-3-5-12/h1-11,21H,(H3,18,19,20,22). The minimum Gasteiger partial charge on any atom is -0.383 e. The second kappa shape index (κ2) is 6.57. The summed E-state index contributed by atoms with van der Waals surface area (Å²) in [4.78, 5) is 18.9. The first-order valence-electron chi connectivity index (χ1n) is 7.01. The molecule has 0 aliphatic rings. The lowest BCUT2D eigenvalue weighted by atomic mass is 10.2. The predicted molar refractivity (Wildman–Crippen MR) is 91.3 cm³/mol. The molecule has 3 rings (SSSR count). The number of benzene rings is 2. The molecule has 2 aromatic carbocycles. The zero-order chi connectivity index (χ0) is 16.1. The summed E-state index contributed by atoms with van der Waals surface area (Å²) < 4.78 is 0. The van der Waals surface area contributed by atoms with Crippen LogP contribution in [0.15, 0.2) is 60.9 Å². The number of aldehydes is 1. The van der Waals surface area contributed by atoms with Crippen molar-refractivity contribution in [2.45, 2.75) is 0 Å². The summed E-state index contributed by atoms with van der Waals surface area (Å²) in [6.45, 7) is 0. The Labute approximate surface area is 133 Å². The van der Waals surface area contributed by atoms with Crippen LogP contribution >= 0.6 is 0 Å². The smallest absolute Gasteiger partial charge is 0.157 e. The summed E-state index contributed by atoms with van der Waals surface area (Å²) in [6.07, 6.45) is 1.96. The lowest BCUT2D eigenvalue weighted by molar-refractivity contribution is 0.112. The molecule has 1 aromatic heterocycles. The van der Waals surface area contributed by atoms with E-state index in [1.807, 2.05) is 54.6 Å². The number of para-hydroxylation sites is 1. The van der Waals surface area contributed by atoms with Crippen LogP contribution in [0.3, 0.4) is 0 Å². The van der Waals surface area contributed by atoms with Crippen molar-refractivity contribution in [1.29, 1.82) is 0 Å². The number of carbonyl (C=O) groups is 1. The largest absolute Gasteiger partial charge is 0.383 e. The molecule has 0 aliphatic heterocycles. The zero-order valence-corrected chi connectivity index (χ0v) is 12.2. The van der Waals surface area contributed by atoms with Crippen molar-refractivity contribution in [1.82, 2.24) is 9.97 Å². The van der Waals surface area contributed by atoms with Crippen molar-refractivity contribution < 1.29 is 4.79 Å². The van der Waals surface area contributed by atoms with E-state index >= 15 is 0 Å². The van der Waals surface area contributed by atoms with E-state index in [0.29, 0.717) is 12.1 Å². The first kappa shape index (κ1) is 14.5. The van der Waals surface area contributed by atoms with Gasteiger partial charge >= 0.3 is 0 Å². The maximum Gasteiger partial charge on any atom is 0.157 e. The van der Waals surface area contributed by atoms with Gasteiger partial charge in [-0.3, -0.25) is 4.79 Å². The van der Waals surface area contributed by atoms with E-state index < -0.39 is 0 Å². The molecule has 0 amide bonds. The van der Waals surface area contributed by atoms with Gasteiger partial charge in [-0.05, 0) is 36.4 Å². The predicted octanol–water partition coefficient (Wildman–Crippen LogP) is 3.36. The lowest BCUT2D eigenvalue weighted by Crippen LogP contribution is -2.04. The SMILES string of the molecule is Nc1ncnc(Nc2ccc(Nc3ccccc3)cc2)c1C=O. The number of anilines is 5. The van der Waals surface area contributed by atoms with Crippen LogP contribution in [0.4, 0.5) is 28.7 Å². The van der Waals surface area contributed by atoms with E-state index in [4.69, 9.17) is 5.73 Å². The average Bonchev–Trinajstić information content (AvgIpc) is 2.58. The van der Waals surface area contributed by atoms with E-state index in [1.54, 1.807) is 0 Å². The molecule has 0 fully saturated rings. The van der Waals surface area contributed by atoms with Gasteiger partial charge in [0.1, 0.15) is 18.0 Å². The average molecular weight is 305 g/mol. The number of rotatable bonds is 5. The maximum atomic E-state index is 11.1. The Balaban J connectivity index is 1.75. The van der Waals surface area contributed by atoms with E-state index in [1.165, 1.54) is 6.33 Å². The number of nitrogens with one attached hydrogen (secondary N) is 2. The molecule has 6 heteroatoms. The number of nitrogens with zero attached hydrogens (tertiary/aromatic N) is 2. The number of hydrogen-bond donors (Lipinski definition) is 3. The zero-order valence-electron chi connectivity index (χ0n) is 12.2. The minimum atomic E-state index is 0.153. The Morgan fingerprint density at radius 1 is 0.826 bits per heavy atom. The van der Waals surface area contributed by atoms with Gasteiger partial charge in [-0.2, -0.15) is 0 Å². The van der Waals surface area contributed by atoms with E-state index in [2.05, 4.69) is 20.6 Å². The molecule has 0 spiro atoms. The first-order chi connectivity index (χ1) is 11.3. The molecular weight excluding hydrogens is 290 g/mol. The topological polar surface area (TPSA) is 92.9 Å². The summed E-state index contributed by atoms with van der Waals surface area (Å²) >= 11 is 0. The normalized spacial score (nSPS) is 10.1. The van der Waals surface area contributed by atoms with Gasteiger partial charge < -0.3 is 16.4 Å². The quantitative estimate of drug-likeness (QED) is 0.626. The van der Waals surface area contributed by atoms with Gasteiger partial charge in [0.05, 0.1) is 5.56 Å². The van der Waals surface area contributed by atoms with Crippen molar-refractivity contribution in [3.63, 3.8) is 0 Å². The van der Waals surface area contributed by atoms with Gasteiger partial charge in [0.25, 0.3) is 0 Å². The molecule has 0 atom stereocenters. The third-order valence-corrected chi connectivity index (χ3v) is 3.24. The second-order valence-electron chi connectivity index (χ2n) is 4.83. The molecule has 0 radical (unpaired) electrons. The monoisotopic (exact) mass is 305 g/mol. The number of aromatic nitrogens is 2. The van der Waals surface area contributed by atoms with Crippen LogP contribution in [0.5, 0.6) is 0 Å². The summed E-state index contributed by atoms with van der Waals surface area (Å²) in [5.74, 6) is 0.538. The fraction of sp³-hybridized carbons (Fsp3) is 0. The Kier molecular flexibility index (Phi) is 4.15. The maximum absolute atomic E-state index is 11.1. The Morgan fingerprint density at radius 3 is 2.09 bits per heavy atom. The summed E-state index contributed by atoms with van der Waals surface area (Å²) in [7, 11) is 0. The number of hydrogen-bond acceptors (Lipinski definition) is 6. The number of nitrogen functional groups attached to an aromatic ring is 1. The Bertz CT molecular complexity index is 803. The van der Waals surface area contributed by atoms with E-state index in [0.717, 1.165) is 17.1 Å². The molecule has 23 heavy (non-hydrogen) atoms. The van der Waals surface area contributed by atoms with Gasteiger partial charge in [0, 0.05) is 17.1 Å². The third-order valence-electron chi connectivity index (χ3n) is 3.24. The summed E-state index contributed by atoms with van der Waals surface area (Å²) in [6, 6.07) is 17.5. The highest BCUT2D eigenvalue weighted by Crippen LogP contribution is 2.23. The molecule has 114 valence electrons. The highest BCUT2D eigenvalue weighted by atomic mass is 16.1. The van der Waals surface area contributed by atoms with Crippen LogP contribution in [0.25, 0.3) is 0 Å². The minimum absolute atomic E-state index is 0.153. The van der Waals surface area contributed by atoms with Crippen LogP contribution in [0.1, 0.15) is 10.4 Å². The molecule has 1 heterocycles. The van der Waals surface area contributed by atoms with E-state index in [-0.39, 0.29) is 11.4 Å². The summed E-state index contributed by atoms with van der Waals surface area (Å²) in [5.41, 5.74) is 8.68. The van der Waals surface area contributed by atoms with Crippen LogP contribution in [-0.2, 0) is 0 Å². The van der Waals surface area contributed by atoms with Crippen LogP contribution < -0.4 is 16.4 Å². The van der Waals surface area contributed by atoms with Crippen LogP contribution in [0, 0.1) is 0 Å². The van der Waals surface area contributed by atoms with Gasteiger partial charge in [-0.15, -0.1) is 0 Å². The van der Waals surface area contributed by atoms with Crippen LogP contribution in [0.2, 0.25) is 0 Å². The van der Waals surface area contributed by atoms with Crippen molar-refractivity contribution in [3.05, 3.63) is 66.5 Å². The molecule has 0 saturated heterocycles. The van der Waals surface area contributed by atoms with Gasteiger partial charge in [-0.25, -0.2) is 9.97 Å².